The number of nitrogens with one attached hydrogen (secondary N) is 1. The summed E-state index contributed by atoms with van der Waals surface area (Å²) in [5, 5.41) is 2.74. The maximum atomic E-state index is 11.6. The molecular weight excluding hydrogens is 254 g/mol. The molecule has 0 aliphatic heterocycles. The fourth-order valence-corrected chi connectivity index (χ4v) is 1.61. The van der Waals surface area contributed by atoms with Gasteiger partial charge >= 0.3 is 6.09 Å². The molecule has 0 aromatic carbocycles. The van der Waals surface area contributed by atoms with Crippen LogP contribution in [0.5, 0.6) is 0 Å². The van der Waals surface area contributed by atoms with E-state index in [2.05, 4.69) is 22.1 Å². The van der Waals surface area contributed by atoms with Gasteiger partial charge in [0.25, 0.3) is 0 Å². The predicted octanol–water partition coefficient (Wildman–Crippen LogP) is 2.87. The lowest BCUT2D eigenvalue weighted by atomic mass is 10.1. The molecule has 0 fully saturated rings. The smallest absolute Gasteiger partial charge is 0.407 e. The summed E-state index contributed by atoms with van der Waals surface area (Å²) in [6.07, 6.45) is 1.39. The zero-order chi connectivity index (χ0) is 15.3. The molecule has 112 valence electrons. The van der Waals surface area contributed by atoms with Crippen LogP contribution in [0.1, 0.15) is 38.8 Å². The van der Waals surface area contributed by atoms with Crippen molar-refractivity contribution in [2.45, 2.75) is 46.8 Å². The molecule has 5 heteroatoms. The van der Waals surface area contributed by atoms with Crippen molar-refractivity contribution in [2.24, 2.45) is 0 Å². The van der Waals surface area contributed by atoms with Gasteiger partial charge in [-0.3, -0.25) is 0 Å². The zero-order valence-electron chi connectivity index (χ0n) is 13.3. The molecule has 0 saturated carbocycles. The van der Waals surface area contributed by atoms with E-state index >= 15 is 0 Å². The Labute approximate surface area is 121 Å². The molecule has 0 unspecified atom stereocenters. The molecule has 1 heterocycles. The molecule has 5 nitrogen and oxygen atoms in total. The molecule has 0 aliphatic carbocycles. The van der Waals surface area contributed by atoms with E-state index < -0.39 is 11.7 Å². The number of aromatic nitrogens is 1. The first-order chi connectivity index (χ1) is 9.23. The normalized spacial score (nSPS) is 11.1. The summed E-state index contributed by atoms with van der Waals surface area (Å²) in [5.74, 6) is 0.936. The Hall–Kier alpha value is -1.78. The van der Waals surface area contributed by atoms with Crippen LogP contribution < -0.4 is 10.2 Å². The van der Waals surface area contributed by atoms with Crippen LogP contribution in [0, 0.1) is 6.92 Å². The van der Waals surface area contributed by atoms with Gasteiger partial charge < -0.3 is 15.0 Å². The monoisotopic (exact) mass is 279 g/mol. The standard InChI is InChI=1S/C15H25N3O2/c1-7-18(6)13-8-11(2)12(9-16-13)10-17-14(19)20-15(3,4)5/h8-9H,7,10H2,1-6H3,(H,17,19). The van der Waals surface area contributed by atoms with Crippen molar-refractivity contribution >= 4 is 11.9 Å². The van der Waals surface area contributed by atoms with E-state index in [-0.39, 0.29) is 0 Å². The van der Waals surface area contributed by atoms with E-state index in [1.807, 2.05) is 40.8 Å². The number of pyridine rings is 1. The number of rotatable bonds is 4. The summed E-state index contributed by atoms with van der Waals surface area (Å²) in [6.45, 7) is 10.9. The van der Waals surface area contributed by atoms with Gasteiger partial charge in [0.1, 0.15) is 11.4 Å². The second-order valence-corrected chi connectivity index (χ2v) is 5.84. The first-order valence-corrected chi connectivity index (χ1v) is 6.86. The second kappa shape index (κ2) is 6.59. The number of amides is 1. The summed E-state index contributed by atoms with van der Waals surface area (Å²) in [4.78, 5) is 18.1. The molecular formula is C15H25N3O2. The third-order valence-corrected chi connectivity index (χ3v) is 2.89. The number of ether oxygens (including phenoxy) is 1. The largest absolute Gasteiger partial charge is 0.444 e. The maximum Gasteiger partial charge on any atom is 0.407 e. The summed E-state index contributed by atoms with van der Waals surface area (Å²) >= 11 is 0. The van der Waals surface area contributed by atoms with Crippen LogP contribution in [-0.2, 0) is 11.3 Å². The minimum absolute atomic E-state index is 0.411. The highest BCUT2D eigenvalue weighted by molar-refractivity contribution is 5.67. The van der Waals surface area contributed by atoms with Gasteiger partial charge in [0.15, 0.2) is 0 Å². The zero-order valence-corrected chi connectivity index (χ0v) is 13.3. The number of carbonyl (C=O) groups excluding carboxylic acids is 1. The van der Waals surface area contributed by atoms with E-state index in [1.54, 1.807) is 6.20 Å². The van der Waals surface area contributed by atoms with Crippen LogP contribution in [0.4, 0.5) is 10.6 Å². The minimum atomic E-state index is -0.481. The minimum Gasteiger partial charge on any atom is -0.444 e. The van der Waals surface area contributed by atoms with E-state index in [1.165, 1.54) is 0 Å². The molecule has 1 N–H and O–H groups in total. The Kier molecular flexibility index (Phi) is 5.36. The summed E-state index contributed by atoms with van der Waals surface area (Å²) < 4.78 is 5.20. The summed E-state index contributed by atoms with van der Waals surface area (Å²) in [6, 6.07) is 2.02. The van der Waals surface area contributed by atoms with E-state index in [0.717, 1.165) is 23.5 Å². The Morgan fingerprint density at radius 1 is 1.45 bits per heavy atom. The van der Waals surface area contributed by atoms with Gasteiger partial charge in [0.2, 0.25) is 0 Å². The van der Waals surface area contributed by atoms with Crippen molar-refractivity contribution in [3.63, 3.8) is 0 Å². The maximum absolute atomic E-state index is 11.6. The van der Waals surface area contributed by atoms with Crippen LogP contribution in [0.2, 0.25) is 0 Å². The fraction of sp³-hybridized carbons (Fsp3) is 0.600. The van der Waals surface area contributed by atoms with Crippen LogP contribution >= 0.6 is 0 Å². The van der Waals surface area contributed by atoms with Crippen LogP contribution in [0.25, 0.3) is 0 Å². The Balaban J connectivity index is 2.63. The molecule has 1 aromatic rings. The number of aryl methyl sites for hydroxylation is 1. The highest BCUT2D eigenvalue weighted by Crippen LogP contribution is 2.15. The van der Waals surface area contributed by atoms with Gasteiger partial charge in [-0.25, -0.2) is 9.78 Å². The molecule has 0 aliphatic rings. The SMILES string of the molecule is CCN(C)c1cc(C)c(CNC(=O)OC(C)(C)C)cn1. The van der Waals surface area contributed by atoms with Crippen molar-refractivity contribution in [2.75, 3.05) is 18.5 Å². The van der Waals surface area contributed by atoms with Gasteiger partial charge in [0.05, 0.1) is 0 Å². The molecule has 20 heavy (non-hydrogen) atoms. The van der Waals surface area contributed by atoms with E-state index in [0.29, 0.717) is 6.54 Å². The lowest BCUT2D eigenvalue weighted by Gasteiger charge is -2.20. The Morgan fingerprint density at radius 3 is 2.60 bits per heavy atom. The van der Waals surface area contributed by atoms with Crippen LogP contribution in [0.15, 0.2) is 12.3 Å². The van der Waals surface area contributed by atoms with Crippen LogP contribution in [-0.4, -0.2) is 30.3 Å². The van der Waals surface area contributed by atoms with Gasteiger partial charge in [-0.2, -0.15) is 0 Å². The number of hydrogen-bond acceptors (Lipinski definition) is 4. The lowest BCUT2D eigenvalue weighted by molar-refractivity contribution is 0.0523. The number of nitrogens with zero attached hydrogens (tertiary/aromatic N) is 2. The van der Waals surface area contributed by atoms with Gasteiger partial charge in [-0.15, -0.1) is 0 Å². The first kappa shape index (κ1) is 16.3. The molecule has 0 atom stereocenters. The molecule has 0 saturated heterocycles. The lowest BCUT2D eigenvalue weighted by Crippen LogP contribution is -2.32. The third kappa shape index (κ3) is 5.07. The van der Waals surface area contributed by atoms with Gasteiger partial charge in [-0.05, 0) is 51.8 Å². The van der Waals surface area contributed by atoms with Gasteiger partial charge in [-0.1, -0.05) is 0 Å². The number of anilines is 1. The quantitative estimate of drug-likeness (QED) is 0.920. The molecule has 0 radical (unpaired) electrons. The van der Waals surface area contributed by atoms with Gasteiger partial charge in [0, 0.05) is 26.3 Å². The highest BCUT2D eigenvalue weighted by Gasteiger charge is 2.16. The molecule has 0 spiro atoms. The number of alkyl carbamates (subject to hydrolysis) is 1. The van der Waals surface area contributed by atoms with Crippen molar-refractivity contribution in [1.29, 1.82) is 0 Å². The third-order valence-electron chi connectivity index (χ3n) is 2.89. The van der Waals surface area contributed by atoms with Crippen LogP contribution in [0.3, 0.4) is 0 Å². The van der Waals surface area contributed by atoms with Crippen molar-refractivity contribution in [1.82, 2.24) is 10.3 Å². The Bertz CT molecular complexity index is 467. The molecule has 0 bridgehead atoms. The molecule has 1 amide bonds. The Morgan fingerprint density at radius 2 is 2.10 bits per heavy atom. The first-order valence-electron chi connectivity index (χ1n) is 6.86. The second-order valence-electron chi connectivity index (χ2n) is 5.84. The average molecular weight is 279 g/mol. The van der Waals surface area contributed by atoms with E-state index in [4.69, 9.17) is 4.74 Å². The molecule has 1 rings (SSSR count). The van der Waals surface area contributed by atoms with Crippen molar-refractivity contribution < 1.29 is 9.53 Å². The number of carbonyl (C=O) groups is 1. The van der Waals surface area contributed by atoms with Crippen molar-refractivity contribution in [3.8, 4) is 0 Å². The summed E-state index contributed by atoms with van der Waals surface area (Å²) in [5.41, 5.74) is 1.61. The fourth-order valence-electron chi connectivity index (χ4n) is 1.61. The number of hydrogen-bond donors (Lipinski definition) is 1. The summed E-state index contributed by atoms with van der Waals surface area (Å²) in [7, 11) is 2.00. The van der Waals surface area contributed by atoms with Crippen molar-refractivity contribution in [3.05, 3.63) is 23.4 Å². The van der Waals surface area contributed by atoms with E-state index in [9.17, 15) is 4.79 Å². The highest BCUT2D eigenvalue weighted by atomic mass is 16.6. The molecule has 1 aromatic heterocycles. The predicted molar refractivity (Wildman–Crippen MR) is 81.0 cm³/mol. The topological polar surface area (TPSA) is 54.5 Å². The average Bonchev–Trinajstić information content (AvgIpc) is 2.34.